The molecule has 0 atom stereocenters. The van der Waals surface area contributed by atoms with Crippen LogP contribution in [0.15, 0.2) is 48.5 Å². The number of benzene rings is 2. The van der Waals surface area contributed by atoms with E-state index in [9.17, 15) is 9.90 Å². The van der Waals surface area contributed by atoms with Crippen molar-refractivity contribution in [1.29, 1.82) is 0 Å². The molecule has 0 bridgehead atoms. The van der Waals surface area contributed by atoms with Gasteiger partial charge in [-0.2, -0.15) is 0 Å². The molecule has 0 radical (unpaired) electrons. The highest BCUT2D eigenvalue weighted by molar-refractivity contribution is 5.94. The maximum atomic E-state index is 11.9. The molecule has 0 aliphatic carbocycles. The third-order valence-electron chi connectivity index (χ3n) is 2.36. The third-order valence-corrected chi connectivity index (χ3v) is 2.36. The quantitative estimate of drug-likeness (QED) is 0.666. The summed E-state index contributed by atoms with van der Waals surface area (Å²) in [6.07, 6.45) is 0. The Morgan fingerprint density at radius 2 is 1.89 bits per heavy atom. The Hall–Kier alpha value is -2.49. The number of hydrogen-bond acceptors (Lipinski definition) is 4. The molecule has 1 N–H and O–H groups in total. The van der Waals surface area contributed by atoms with E-state index >= 15 is 0 Å². The first-order chi connectivity index (χ1) is 8.70. The molecule has 92 valence electrons. The minimum atomic E-state index is -0.530. The van der Waals surface area contributed by atoms with Crippen molar-refractivity contribution in [1.82, 2.24) is 0 Å². The van der Waals surface area contributed by atoms with Crippen LogP contribution in [0.1, 0.15) is 10.4 Å². The zero-order chi connectivity index (χ0) is 13.0. The summed E-state index contributed by atoms with van der Waals surface area (Å²) < 4.78 is 10.2. The van der Waals surface area contributed by atoms with Gasteiger partial charge in [-0.05, 0) is 24.3 Å². The minimum Gasteiger partial charge on any atom is -0.508 e. The van der Waals surface area contributed by atoms with E-state index in [-0.39, 0.29) is 11.5 Å². The molecule has 18 heavy (non-hydrogen) atoms. The Morgan fingerprint density at radius 3 is 2.61 bits per heavy atom. The van der Waals surface area contributed by atoms with Gasteiger partial charge in [0.15, 0.2) is 0 Å². The van der Waals surface area contributed by atoms with E-state index in [4.69, 9.17) is 9.47 Å². The van der Waals surface area contributed by atoms with Gasteiger partial charge in [-0.25, -0.2) is 4.79 Å². The van der Waals surface area contributed by atoms with Gasteiger partial charge >= 0.3 is 5.97 Å². The summed E-state index contributed by atoms with van der Waals surface area (Å²) in [5.41, 5.74) is 0.336. The van der Waals surface area contributed by atoms with Gasteiger partial charge in [0.25, 0.3) is 0 Å². The van der Waals surface area contributed by atoms with E-state index in [1.54, 1.807) is 36.4 Å². The second-order valence-corrected chi connectivity index (χ2v) is 3.59. The lowest BCUT2D eigenvalue weighted by Gasteiger charge is -2.08. The molecular weight excluding hydrogens is 232 g/mol. The summed E-state index contributed by atoms with van der Waals surface area (Å²) in [5.74, 6) is 0.243. The summed E-state index contributed by atoms with van der Waals surface area (Å²) in [6, 6.07) is 12.8. The molecule has 0 saturated carbocycles. The van der Waals surface area contributed by atoms with E-state index in [0.717, 1.165) is 0 Å². The van der Waals surface area contributed by atoms with Crippen molar-refractivity contribution < 1.29 is 19.4 Å². The van der Waals surface area contributed by atoms with Crippen molar-refractivity contribution in [2.24, 2.45) is 0 Å². The lowest BCUT2D eigenvalue weighted by molar-refractivity contribution is 0.0731. The number of rotatable bonds is 3. The second-order valence-electron chi connectivity index (χ2n) is 3.59. The van der Waals surface area contributed by atoms with Crippen molar-refractivity contribution in [3.8, 4) is 17.2 Å². The Labute approximate surface area is 104 Å². The molecule has 4 heteroatoms. The maximum absolute atomic E-state index is 11.9. The van der Waals surface area contributed by atoms with Gasteiger partial charge in [0, 0.05) is 6.07 Å². The van der Waals surface area contributed by atoms with Crippen LogP contribution in [0.5, 0.6) is 17.2 Å². The molecule has 0 fully saturated rings. The highest BCUT2D eigenvalue weighted by Gasteiger charge is 2.13. The van der Waals surface area contributed by atoms with Crippen LogP contribution >= 0.6 is 0 Å². The fraction of sp³-hybridized carbons (Fsp3) is 0.0714. The molecule has 0 spiro atoms. The standard InChI is InChI=1S/C14H12O4/c1-17-13-8-3-2-7-12(13)14(16)18-11-6-4-5-10(15)9-11/h2-9,15H,1H3. The number of esters is 1. The Bertz CT molecular complexity index is 563. The molecule has 0 amide bonds. The molecule has 0 heterocycles. The topological polar surface area (TPSA) is 55.8 Å². The van der Waals surface area contributed by atoms with Gasteiger partial charge in [0.05, 0.1) is 7.11 Å². The summed E-state index contributed by atoms with van der Waals surface area (Å²) in [6.45, 7) is 0. The van der Waals surface area contributed by atoms with Gasteiger partial charge in [-0.15, -0.1) is 0 Å². The average molecular weight is 244 g/mol. The first-order valence-corrected chi connectivity index (χ1v) is 5.35. The molecule has 2 rings (SSSR count). The van der Waals surface area contributed by atoms with Gasteiger partial charge in [-0.1, -0.05) is 18.2 Å². The maximum Gasteiger partial charge on any atom is 0.347 e. The summed E-state index contributed by atoms with van der Waals surface area (Å²) in [4.78, 5) is 11.9. The van der Waals surface area contributed by atoms with Crippen LogP contribution in [0, 0.1) is 0 Å². The fourth-order valence-electron chi connectivity index (χ4n) is 1.52. The predicted molar refractivity (Wildman–Crippen MR) is 66.1 cm³/mol. The number of para-hydroxylation sites is 1. The van der Waals surface area contributed by atoms with E-state index in [2.05, 4.69) is 0 Å². The Balaban J connectivity index is 2.22. The normalized spacial score (nSPS) is 9.83. The van der Waals surface area contributed by atoms with Crippen molar-refractivity contribution in [3.05, 3.63) is 54.1 Å². The largest absolute Gasteiger partial charge is 0.508 e. The van der Waals surface area contributed by atoms with E-state index in [1.807, 2.05) is 0 Å². The van der Waals surface area contributed by atoms with Crippen LogP contribution in [0.2, 0.25) is 0 Å². The highest BCUT2D eigenvalue weighted by Crippen LogP contribution is 2.22. The second kappa shape index (κ2) is 5.23. The molecule has 0 saturated heterocycles. The number of methoxy groups -OCH3 is 1. The third kappa shape index (κ3) is 2.60. The molecule has 0 aliphatic rings. The first-order valence-electron chi connectivity index (χ1n) is 5.35. The van der Waals surface area contributed by atoms with Gasteiger partial charge in [-0.3, -0.25) is 0 Å². The summed E-state index contributed by atoms with van der Waals surface area (Å²) in [7, 11) is 1.49. The van der Waals surface area contributed by atoms with Crippen LogP contribution in [0.4, 0.5) is 0 Å². The lowest BCUT2D eigenvalue weighted by atomic mass is 10.2. The number of phenols is 1. The number of hydrogen-bond donors (Lipinski definition) is 1. The van der Waals surface area contributed by atoms with Crippen LogP contribution in [-0.2, 0) is 0 Å². The van der Waals surface area contributed by atoms with Crippen LogP contribution in [0.25, 0.3) is 0 Å². The minimum absolute atomic E-state index is 0.0420. The Morgan fingerprint density at radius 1 is 1.11 bits per heavy atom. The SMILES string of the molecule is COc1ccccc1C(=O)Oc1cccc(O)c1. The van der Waals surface area contributed by atoms with Crippen molar-refractivity contribution in [2.45, 2.75) is 0 Å². The van der Waals surface area contributed by atoms with Gasteiger partial charge in [0.2, 0.25) is 0 Å². The number of phenolic OH excluding ortho intramolecular Hbond substituents is 1. The predicted octanol–water partition coefficient (Wildman–Crippen LogP) is 2.62. The average Bonchev–Trinajstić information content (AvgIpc) is 2.38. The smallest absolute Gasteiger partial charge is 0.347 e. The monoisotopic (exact) mass is 244 g/mol. The molecular formula is C14H12O4. The van der Waals surface area contributed by atoms with E-state index in [1.165, 1.54) is 19.2 Å². The summed E-state index contributed by atoms with van der Waals surface area (Å²) in [5, 5.41) is 9.28. The van der Waals surface area contributed by atoms with Crippen molar-refractivity contribution in [2.75, 3.05) is 7.11 Å². The zero-order valence-electron chi connectivity index (χ0n) is 9.79. The number of carbonyl (C=O) groups is 1. The first kappa shape index (κ1) is 12.0. The molecule has 0 unspecified atom stereocenters. The van der Waals surface area contributed by atoms with Crippen molar-refractivity contribution in [3.63, 3.8) is 0 Å². The number of ether oxygens (including phenoxy) is 2. The Kier molecular flexibility index (Phi) is 3.48. The molecule has 2 aromatic carbocycles. The molecule has 2 aromatic rings. The molecule has 4 nitrogen and oxygen atoms in total. The van der Waals surface area contributed by atoms with Crippen molar-refractivity contribution >= 4 is 5.97 Å². The van der Waals surface area contributed by atoms with Gasteiger partial charge < -0.3 is 14.6 Å². The number of carbonyl (C=O) groups excluding carboxylic acids is 1. The van der Waals surface area contributed by atoms with Gasteiger partial charge in [0.1, 0.15) is 22.8 Å². The van der Waals surface area contributed by atoms with E-state index in [0.29, 0.717) is 11.3 Å². The molecule has 0 aromatic heterocycles. The zero-order valence-corrected chi connectivity index (χ0v) is 9.79. The summed E-state index contributed by atoms with van der Waals surface area (Å²) >= 11 is 0. The van der Waals surface area contributed by atoms with Crippen LogP contribution in [0.3, 0.4) is 0 Å². The van der Waals surface area contributed by atoms with Crippen LogP contribution in [-0.4, -0.2) is 18.2 Å². The highest BCUT2D eigenvalue weighted by atomic mass is 16.5. The fourth-order valence-corrected chi connectivity index (χ4v) is 1.52. The molecule has 0 aliphatic heterocycles. The number of aromatic hydroxyl groups is 1. The van der Waals surface area contributed by atoms with E-state index < -0.39 is 5.97 Å². The lowest BCUT2D eigenvalue weighted by Crippen LogP contribution is -2.09. The van der Waals surface area contributed by atoms with Crippen LogP contribution < -0.4 is 9.47 Å².